The average molecular weight is 343 g/mol. The van der Waals surface area contributed by atoms with E-state index < -0.39 is 5.41 Å². The molecule has 5 heteroatoms. The van der Waals surface area contributed by atoms with E-state index in [0.717, 1.165) is 16.8 Å². The molecule has 0 saturated carbocycles. The van der Waals surface area contributed by atoms with Gasteiger partial charge in [0.25, 0.3) is 0 Å². The van der Waals surface area contributed by atoms with Crippen LogP contribution >= 0.6 is 11.3 Å². The van der Waals surface area contributed by atoms with Gasteiger partial charge >= 0.3 is 5.97 Å². The third kappa shape index (κ3) is 4.55. The summed E-state index contributed by atoms with van der Waals surface area (Å²) in [5.74, 6) is -0.370. The van der Waals surface area contributed by atoms with Gasteiger partial charge in [0.15, 0.2) is 0 Å². The molecule has 2 rings (SSSR count). The maximum Gasteiger partial charge on any atom is 0.348 e. The summed E-state index contributed by atoms with van der Waals surface area (Å²) in [6.07, 6.45) is 3.77. The summed E-state index contributed by atoms with van der Waals surface area (Å²) >= 11 is 1.35. The SMILES string of the molecule is COC(=O)c1sccc1C=Cc1cccc(NC(=O)C(C)(C)C)c1. The molecule has 1 amide bonds. The van der Waals surface area contributed by atoms with Gasteiger partial charge in [0, 0.05) is 11.1 Å². The average Bonchev–Trinajstić information content (AvgIpc) is 3.00. The molecular formula is C19H21NO3S. The number of carbonyl (C=O) groups excluding carboxylic acids is 2. The number of thiophene rings is 1. The zero-order valence-electron chi connectivity index (χ0n) is 14.3. The Morgan fingerprint density at radius 3 is 2.58 bits per heavy atom. The lowest BCUT2D eigenvalue weighted by Gasteiger charge is -2.17. The highest BCUT2D eigenvalue weighted by Gasteiger charge is 2.21. The van der Waals surface area contributed by atoms with Crippen LogP contribution in [-0.4, -0.2) is 19.0 Å². The van der Waals surface area contributed by atoms with Crippen molar-refractivity contribution in [1.82, 2.24) is 0 Å². The molecule has 0 atom stereocenters. The number of rotatable bonds is 4. The van der Waals surface area contributed by atoms with E-state index in [1.165, 1.54) is 18.4 Å². The first-order valence-electron chi connectivity index (χ1n) is 7.56. The molecule has 0 bridgehead atoms. The smallest absolute Gasteiger partial charge is 0.348 e. The van der Waals surface area contributed by atoms with Gasteiger partial charge in [-0.1, -0.05) is 45.1 Å². The minimum atomic E-state index is -0.446. The minimum absolute atomic E-state index is 0.0329. The number of methoxy groups -OCH3 is 1. The summed E-state index contributed by atoms with van der Waals surface area (Å²) in [6, 6.07) is 9.44. The van der Waals surface area contributed by atoms with E-state index in [9.17, 15) is 9.59 Å². The molecule has 1 N–H and O–H groups in total. The quantitative estimate of drug-likeness (QED) is 0.819. The highest BCUT2D eigenvalue weighted by Crippen LogP contribution is 2.22. The highest BCUT2D eigenvalue weighted by atomic mass is 32.1. The first-order valence-corrected chi connectivity index (χ1v) is 8.44. The van der Waals surface area contributed by atoms with Crippen molar-refractivity contribution in [3.63, 3.8) is 0 Å². The van der Waals surface area contributed by atoms with Crippen molar-refractivity contribution >= 4 is 41.1 Å². The summed E-state index contributed by atoms with van der Waals surface area (Å²) in [6.45, 7) is 5.62. The predicted molar refractivity (Wildman–Crippen MR) is 99.1 cm³/mol. The first-order chi connectivity index (χ1) is 11.3. The van der Waals surface area contributed by atoms with Crippen LogP contribution < -0.4 is 5.32 Å². The zero-order valence-corrected chi connectivity index (χ0v) is 15.1. The third-order valence-electron chi connectivity index (χ3n) is 3.35. The maximum atomic E-state index is 12.1. The predicted octanol–water partition coefficient (Wildman–Crippen LogP) is 4.69. The summed E-state index contributed by atoms with van der Waals surface area (Å²) in [7, 11) is 1.37. The Bertz CT molecular complexity index is 769. The van der Waals surface area contributed by atoms with Gasteiger partial charge in [0.05, 0.1) is 7.11 Å². The Labute approximate surface area is 146 Å². The van der Waals surface area contributed by atoms with Gasteiger partial charge in [-0.2, -0.15) is 0 Å². The number of ether oxygens (including phenoxy) is 1. The van der Waals surface area contributed by atoms with E-state index in [0.29, 0.717) is 4.88 Å². The molecule has 126 valence electrons. The van der Waals surface area contributed by atoms with Crippen LogP contribution in [0.25, 0.3) is 12.2 Å². The number of esters is 1. The molecule has 1 aromatic heterocycles. The summed E-state index contributed by atoms with van der Waals surface area (Å²) in [5, 5.41) is 4.76. The maximum absolute atomic E-state index is 12.1. The topological polar surface area (TPSA) is 55.4 Å². The summed E-state index contributed by atoms with van der Waals surface area (Å²) < 4.78 is 4.77. The molecule has 0 spiro atoms. The van der Waals surface area contributed by atoms with Crippen LogP contribution in [0.3, 0.4) is 0 Å². The van der Waals surface area contributed by atoms with E-state index in [1.54, 1.807) is 0 Å². The molecule has 0 aliphatic rings. The van der Waals surface area contributed by atoms with Crippen LogP contribution in [0.1, 0.15) is 41.6 Å². The molecular weight excluding hydrogens is 322 g/mol. The van der Waals surface area contributed by atoms with Gasteiger partial charge in [-0.3, -0.25) is 4.79 Å². The summed E-state index contributed by atoms with van der Waals surface area (Å²) in [4.78, 5) is 24.3. The van der Waals surface area contributed by atoms with Gasteiger partial charge in [0.2, 0.25) is 5.91 Å². The number of hydrogen-bond acceptors (Lipinski definition) is 4. The Morgan fingerprint density at radius 2 is 1.92 bits per heavy atom. The van der Waals surface area contributed by atoms with Gasteiger partial charge < -0.3 is 10.1 Å². The number of nitrogens with one attached hydrogen (secondary N) is 1. The Hall–Kier alpha value is -2.40. The Morgan fingerprint density at radius 1 is 1.17 bits per heavy atom. The number of benzene rings is 1. The van der Waals surface area contributed by atoms with Gasteiger partial charge in [-0.15, -0.1) is 11.3 Å². The molecule has 0 saturated heterocycles. The van der Waals surface area contributed by atoms with Gasteiger partial charge in [0.1, 0.15) is 4.88 Å². The second kappa shape index (κ2) is 7.45. The van der Waals surface area contributed by atoms with Crippen molar-refractivity contribution in [1.29, 1.82) is 0 Å². The molecule has 0 aliphatic carbocycles. The van der Waals surface area contributed by atoms with Crippen molar-refractivity contribution < 1.29 is 14.3 Å². The van der Waals surface area contributed by atoms with Crippen LogP contribution in [0.2, 0.25) is 0 Å². The number of amides is 1. The molecule has 1 heterocycles. The van der Waals surface area contributed by atoms with Gasteiger partial charge in [-0.25, -0.2) is 4.79 Å². The number of anilines is 1. The second-order valence-electron chi connectivity index (χ2n) is 6.36. The van der Waals surface area contributed by atoms with E-state index >= 15 is 0 Å². The third-order valence-corrected chi connectivity index (χ3v) is 4.26. The van der Waals surface area contributed by atoms with E-state index in [1.807, 2.05) is 68.6 Å². The van der Waals surface area contributed by atoms with Crippen molar-refractivity contribution in [2.45, 2.75) is 20.8 Å². The van der Waals surface area contributed by atoms with Crippen LogP contribution in [-0.2, 0) is 9.53 Å². The van der Waals surface area contributed by atoms with Crippen LogP contribution in [0.5, 0.6) is 0 Å². The number of carbonyl (C=O) groups is 2. The standard InChI is InChI=1S/C19H21NO3S/c1-19(2,3)18(22)20-15-7-5-6-13(12-15)8-9-14-10-11-24-16(14)17(21)23-4/h5-12H,1-4H3,(H,20,22). The highest BCUT2D eigenvalue weighted by molar-refractivity contribution is 7.12. The fraction of sp³-hybridized carbons (Fsp3) is 0.263. The lowest BCUT2D eigenvalue weighted by Crippen LogP contribution is -2.27. The molecule has 1 aromatic carbocycles. The largest absolute Gasteiger partial charge is 0.465 e. The van der Waals surface area contributed by atoms with E-state index in [-0.39, 0.29) is 11.9 Å². The fourth-order valence-corrected chi connectivity index (χ4v) is 2.74. The lowest BCUT2D eigenvalue weighted by molar-refractivity contribution is -0.123. The minimum Gasteiger partial charge on any atom is -0.465 e. The Balaban J connectivity index is 2.17. The Kier molecular flexibility index (Phi) is 5.57. The van der Waals surface area contributed by atoms with E-state index in [4.69, 9.17) is 4.74 Å². The molecule has 0 radical (unpaired) electrons. The normalized spacial score (nSPS) is 11.5. The van der Waals surface area contributed by atoms with Crippen molar-refractivity contribution in [3.8, 4) is 0 Å². The molecule has 4 nitrogen and oxygen atoms in total. The lowest BCUT2D eigenvalue weighted by atomic mass is 9.95. The molecule has 2 aromatic rings. The van der Waals surface area contributed by atoms with Crippen LogP contribution in [0.4, 0.5) is 5.69 Å². The molecule has 24 heavy (non-hydrogen) atoms. The van der Waals surface area contributed by atoms with Crippen LogP contribution in [0, 0.1) is 5.41 Å². The van der Waals surface area contributed by atoms with Crippen molar-refractivity contribution in [2.24, 2.45) is 5.41 Å². The van der Waals surface area contributed by atoms with Crippen molar-refractivity contribution in [2.75, 3.05) is 12.4 Å². The van der Waals surface area contributed by atoms with Crippen LogP contribution in [0.15, 0.2) is 35.7 Å². The number of hydrogen-bond donors (Lipinski definition) is 1. The monoisotopic (exact) mass is 343 g/mol. The summed E-state index contributed by atoms with van der Waals surface area (Å²) in [5.41, 5.74) is 2.05. The molecule has 0 aliphatic heterocycles. The second-order valence-corrected chi connectivity index (χ2v) is 7.28. The molecule has 0 unspecified atom stereocenters. The molecule has 0 fully saturated rings. The zero-order chi connectivity index (χ0) is 17.7. The fourth-order valence-electron chi connectivity index (χ4n) is 1.93. The first kappa shape index (κ1) is 17.9. The van der Waals surface area contributed by atoms with Gasteiger partial charge in [-0.05, 0) is 34.7 Å². The van der Waals surface area contributed by atoms with Crippen molar-refractivity contribution in [3.05, 3.63) is 51.7 Å². The van der Waals surface area contributed by atoms with E-state index in [2.05, 4.69) is 5.32 Å².